The fourth-order valence-electron chi connectivity index (χ4n) is 3.78. The van der Waals surface area contributed by atoms with E-state index in [2.05, 4.69) is 51.3 Å². The van der Waals surface area contributed by atoms with Crippen LogP contribution in [0.2, 0.25) is 0 Å². The van der Waals surface area contributed by atoms with E-state index in [1.165, 1.54) is 64.7 Å². The highest BCUT2D eigenvalue weighted by molar-refractivity contribution is 4.74. The van der Waals surface area contributed by atoms with E-state index in [9.17, 15) is 0 Å². The van der Waals surface area contributed by atoms with Crippen molar-refractivity contribution in [3.63, 3.8) is 0 Å². The van der Waals surface area contributed by atoms with Crippen LogP contribution < -0.4 is 0 Å². The number of rotatable bonds is 4. The number of hydrogen-bond donors (Lipinski definition) is 0. The molecular formula is C24H54N2. The van der Waals surface area contributed by atoms with Crippen LogP contribution in [0.1, 0.15) is 108 Å². The molecule has 0 aromatic rings. The lowest BCUT2D eigenvalue weighted by Gasteiger charge is -2.34. The van der Waals surface area contributed by atoms with Crippen LogP contribution >= 0.6 is 0 Å². The Balaban J connectivity index is 0. The highest BCUT2D eigenvalue weighted by atomic mass is 15.2. The molecule has 2 heterocycles. The van der Waals surface area contributed by atoms with Crippen molar-refractivity contribution in [1.29, 1.82) is 0 Å². The van der Waals surface area contributed by atoms with E-state index in [1.807, 2.05) is 27.7 Å². The molecule has 160 valence electrons. The maximum atomic E-state index is 2.61. The second-order valence-corrected chi connectivity index (χ2v) is 7.99. The Bertz CT molecular complexity index is 267. The van der Waals surface area contributed by atoms with Gasteiger partial charge in [0, 0.05) is 18.6 Å². The van der Waals surface area contributed by atoms with Gasteiger partial charge in [-0.1, -0.05) is 54.4 Å². The van der Waals surface area contributed by atoms with Crippen LogP contribution in [0.4, 0.5) is 0 Å². The maximum Gasteiger partial charge on any atom is 0.00387 e. The Morgan fingerprint density at radius 2 is 1.12 bits per heavy atom. The average molecular weight is 371 g/mol. The van der Waals surface area contributed by atoms with Gasteiger partial charge in [-0.3, -0.25) is 0 Å². The first-order chi connectivity index (χ1) is 12.5. The zero-order valence-electron chi connectivity index (χ0n) is 20.3. The van der Waals surface area contributed by atoms with Crippen LogP contribution in [-0.2, 0) is 0 Å². The smallest absolute Gasteiger partial charge is 0.00387 e. The summed E-state index contributed by atoms with van der Waals surface area (Å²) in [5.74, 6) is 2.00. The third-order valence-corrected chi connectivity index (χ3v) is 5.81. The number of piperidine rings is 2. The molecule has 0 spiro atoms. The first-order valence-corrected chi connectivity index (χ1v) is 12.0. The van der Waals surface area contributed by atoms with Crippen LogP contribution in [0.25, 0.3) is 0 Å². The highest BCUT2D eigenvalue weighted by Gasteiger charge is 2.20. The molecule has 0 aromatic carbocycles. The minimum atomic E-state index is 0.754. The number of hydrogen-bond acceptors (Lipinski definition) is 2. The van der Waals surface area contributed by atoms with Gasteiger partial charge in [0.05, 0.1) is 0 Å². The van der Waals surface area contributed by atoms with E-state index in [4.69, 9.17) is 0 Å². The van der Waals surface area contributed by atoms with Gasteiger partial charge in [0.25, 0.3) is 0 Å². The van der Waals surface area contributed by atoms with Crippen molar-refractivity contribution in [2.75, 3.05) is 26.2 Å². The molecule has 2 heteroatoms. The molecule has 0 aliphatic carbocycles. The highest BCUT2D eigenvalue weighted by Crippen LogP contribution is 2.21. The summed E-state index contributed by atoms with van der Waals surface area (Å²) in [6.07, 6.45) is 8.47. The summed E-state index contributed by atoms with van der Waals surface area (Å²) in [7, 11) is 0. The molecule has 1 atom stereocenters. The predicted molar refractivity (Wildman–Crippen MR) is 122 cm³/mol. The molecule has 0 radical (unpaired) electrons. The van der Waals surface area contributed by atoms with E-state index in [1.54, 1.807) is 0 Å². The molecule has 2 rings (SSSR count). The monoisotopic (exact) mass is 370 g/mol. The van der Waals surface area contributed by atoms with Gasteiger partial charge in [-0.25, -0.2) is 0 Å². The Kier molecular flexibility index (Phi) is 19.8. The SMILES string of the molecule is CC.CC.CCC1CCCN(C(C)C)C1.CCC1CCN(C(C)C)CC1. The zero-order chi connectivity index (χ0) is 20.5. The van der Waals surface area contributed by atoms with Crippen molar-refractivity contribution >= 4 is 0 Å². The molecule has 0 amide bonds. The third-order valence-electron chi connectivity index (χ3n) is 5.81. The molecule has 26 heavy (non-hydrogen) atoms. The van der Waals surface area contributed by atoms with Gasteiger partial charge in [-0.05, 0) is 84.8 Å². The van der Waals surface area contributed by atoms with Gasteiger partial charge in [-0.15, -0.1) is 0 Å². The Hall–Kier alpha value is -0.0800. The van der Waals surface area contributed by atoms with Crippen LogP contribution in [0.3, 0.4) is 0 Å². The molecule has 2 aliphatic heterocycles. The first-order valence-electron chi connectivity index (χ1n) is 12.0. The average Bonchev–Trinajstić information content (AvgIpc) is 2.71. The molecule has 2 nitrogen and oxygen atoms in total. The van der Waals surface area contributed by atoms with Crippen LogP contribution in [0.5, 0.6) is 0 Å². The first kappa shape index (κ1) is 28.1. The Labute approximate surface area is 168 Å². The summed E-state index contributed by atoms with van der Waals surface area (Å²) >= 11 is 0. The van der Waals surface area contributed by atoms with E-state index < -0.39 is 0 Å². The van der Waals surface area contributed by atoms with Gasteiger partial charge in [0.1, 0.15) is 0 Å². The minimum Gasteiger partial charge on any atom is -0.301 e. The van der Waals surface area contributed by atoms with Gasteiger partial charge in [-0.2, -0.15) is 0 Å². The summed E-state index contributed by atoms with van der Waals surface area (Å²) in [6, 6.07) is 1.51. The van der Waals surface area contributed by atoms with Crippen molar-refractivity contribution in [3.8, 4) is 0 Å². The standard InChI is InChI=1S/2C10H21N.2C2H6/c1-4-10-5-7-11(8-6-10)9(2)3;1-4-10-6-5-7-11(8-10)9(2)3;2*1-2/h2*9-10H,4-8H2,1-3H3;2*1-2H3. The number of nitrogens with zero attached hydrogens (tertiary/aromatic N) is 2. The summed E-state index contributed by atoms with van der Waals surface area (Å²) in [4.78, 5) is 5.20. The van der Waals surface area contributed by atoms with Crippen LogP contribution in [-0.4, -0.2) is 48.1 Å². The molecule has 0 bridgehead atoms. The molecule has 0 N–H and O–H groups in total. The lowest BCUT2D eigenvalue weighted by Crippen LogP contribution is -2.39. The van der Waals surface area contributed by atoms with Gasteiger partial charge in [0.15, 0.2) is 0 Å². The zero-order valence-corrected chi connectivity index (χ0v) is 20.3. The third kappa shape index (κ3) is 12.3. The summed E-state index contributed by atoms with van der Waals surface area (Å²) in [6.45, 7) is 27.2. The van der Waals surface area contributed by atoms with E-state index in [-0.39, 0.29) is 0 Å². The maximum absolute atomic E-state index is 2.61. The van der Waals surface area contributed by atoms with Crippen LogP contribution in [0.15, 0.2) is 0 Å². The fraction of sp³-hybridized carbons (Fsp3) is 1.00. The van der Waals surface area contributed by atoms with Gasteiger partial charge in [0.2, 0.25) is 0 Å². The summed E-state index contributed by atoms with van der Waals surface area (Å²) in [5.41, 5.74) is 0. The largest absolute Gasteiger partial charge is 0.301 e. The van der Waals surface area contributed by atoms with Crippen molar-refractivity contribution in [3.05, 3.63) is 0 Å². The van der Waals surface area contributed by atoms with E-state index in [0.29, 0.717) is 0 Å². The molecular weight excluding hydrogens is 316 g/mol. The Morgan fingerprint density at radius 3 is 1.50 bits per heavy atom. The second-order valence-electron chi connectivity index (χ2n) is 7.99. The molecule has 2 fully saturated rings. The van der Waals surface area contributed by atoms with Crippen molar-refractivity contribution in [1.82, 2.24) is 9.80 Å². The quantitative estimate of drug-likeness (QED) is 0.521. The Morgan fingerprint density at radius 1 is 0.654 bits per heavy atom. The van der Waals surface area contributed by atoms with Gasteiger partial charge >= 0.3 is 0 Å². The molecule has 2 aliphatic rings. The van der Waals surface area contributed by atoms with E-state index in [0.717, 1.165) is 23.9 Å². The lowest BCUT2D eigenvalue weighted by atomic mass is 9.94. The summed E-state index contributed by atoms with van der Waals surface area (Å²) < 4.78 is 0. The van der Waals surface area contributed by atoms with Crippen molar-refractivity contribution < 1.29 is 0 Å². The number of likely N-dealkylation sites (tertiary alicyclic amines) is 2. The molecule has 0 saturated carbocycles. The topological polar surface area (TPSA) is 6.48 Å². The van der Waals surface area contributed by atoms with E-state index >= 15 is 0 Å². The molecule has 1 unspecified atom stereocenters. The van der Waals surface area contributed by atoms with Gasteiger partial charge < -0.3 is 9.80 Å². The van der Waals surface area contributed by atoms with Crippen molar-refractivity contribution in [2.24, 2.45) is 11.8 Å². The van der Waals surface area contributed by atoms with Crippen LogP contribution in [0, 0.1) is 11.8 Å². The normalized spacial score (nSPS) is 21.9. The fourth-order valence-corrected chi connectivity index (χ4v) is 3.78. The molecule has 0 aromatic heterocycles. The minimum absolute atomic E-state index is 0.754. The van der Waals surface area contributed by atoms with Crippen molar-refractivity contribution in [2.45, 2.75) is 120 Å². The predicted octanol–water partition coefficient (Wildman–Crippen LogP) is 7.09. The summed E-state index contributed by atoms with van der Waals surface area (Å²) in [5, 5.41) is 0. The molecule has 2 saturated heterocycles. The lowest BCUT2D eigenvalue weighted by molar-refractivity contribution is 0.138. The second kappa shape index (κ2) is 18.3.